The minimum atomic E-state index is -0.853. The number of aliphatic carboxylic acids is 1. The predicted molar refractivity (Wildman–Crippen MR) is 71.5 cm³/mol. The van der Waals surface area contributed by atoms with Crippen molar-refractivity contribution in [1.82, 2.24) is 10.3 Å². The molecular formula is C13H14N2O2S. The second-order valence-electron chi connectivity index (χ2n) is 3.95. The van der Waals surface area contributed by atoms with Gasteiger partial charge < -0.3 is 5.11 Å². The van der Waals surface area contributed by atoms with Crippen LogP contribution in [0.25, 0.3) is 10.6 Å². The fourth-order valence-electron chi connectivity index (χ4n) is 1.45. The lowest BCUT2D eigenvalue weighted by Gasteiger charge is -2.06. The summed E-state index contributed by atoms with van der Waals surface area (Å²) in [5, 5.41) is 14.6. The van der Waals surface area contributed by atoms with E-state index in [1.54, 1.807) is 18.3 Å². The molecule has 0 spiro atoms. The molecule has 2 aromatic rings. The van der Waals surface area contributed by atoms with Gasteiger partial charge in [-0.25, -0.2) is 4.98 Å². The number of nitrogens with one attached hydrogen (secondary N) is 1. The van der Waals surface area contributed by atoms with Crippen molar-refractivity contribution in [2.24, 2.45) is 0 Å². The molecule has 0 unspecified atom stereocenters. The van der Waals surface area contributed by atoms with Gasteiger partial charge in [0.15, 0.2) is 0 Å². The number of thiazole rings is 1. The zero-order valence-corrected chi connectivity index (χ0v) is 10.8. The van der Waals surface area contributed by atoms with Gasteiger partial charge in [-0.05, 0) is 6.92 Å². The molecule has 0 aliphatic rings. The van der Waals surface area contributed by atoms with Crippen LogP contribution < -0.4 is 5.32 Å². The largest absolute Gasteiger partial charge is 0.480 e. The maximum Gasteiger partial charge on any atom is 0.320 e. The van der Waals surface area contributed by atoms with Crippen LogP contribution in [0.2, 0.25) is 0 Å². The van der Waals surface area contributed by atoms with Gasteiger partial charge in [0.1, 0.15) is 11.0 Å². The summed E-state index contributed by atoms with van der Waals surface area (Å²) in [7, 11) is 0. The van der Waals surface area contributed by atoms with Crippen molar-refractivity contribution in [2.75, 3.05) is 0 Å². The van der Waals surface area contributed by atoms with Crippen LogP contribution in [0.15, 0.2) is 35.7 Å². The Balaban J connectivity index is 2.01. The lowest BCUT2D eigenvalue weighted by atomic mass is 10.2. The van der Waals surface area contributed by atoms with E-state index in [-0.39, 0.29) is 0 Å². The maximum absolute atomic E-state index is 10.7. The minimum absolute atomic E-state index is 0.469. The average Bonchev–Trinajstić information content (AvgIpc) is 2.85. The topological polar surface area (TPSA) is 62.2 Å². The van der Waals surface area contributed by atoms with Gasteiger partial charge >= 0.3 is 5.97 Å². The predicted octanol–water partition coefficient (Wildman–Crippen LogP) is 2.37. The Labute approximate surface area is 109 Å². The van der Waals surface area contributed by atoms with Gasteiger partial charge in [0.2, 0.25) is 0 Å². The molecule has 1 aromatic heterocycles. The van der Waals surface area contributed by atoms with Crippen molar-refractivity contribution >= 4 is 17.3 Å². The summed E-state index contributed by atoms with van der Waals surface area (Å²) in [4.78, 5) is 15.1. The summed E-state index contributed by atoms with van der Waals surface area (Å²) in [6.07, 6.45) is 0. The fourth-order valence-corrected chi connectivity index (χ4v) is 2.27. The van der Waals surface area contributed by atoms with E-state index in [9.17, 15) is 4.79 Å². The molecule has 5 heteroatoms. The molecule has 4 nitrogen and oxygen atoms in total. The van der Waals surface area contributed by atoms with E-state index in [4.69, 9.17) is 5.11 Å². The van der Waals surface area contributed by atoms with Crippen LogP contribution in [-0.2, 0) is 11.3 Å². The first kappa shape index (κ1) is 12.7. The SMILES string of the molecule is C[C@H](NCc1csc(-c2ccccc2)n1)C(=O)O. The van der Waals surface area contributed by atoms with Crippen LogP contribution in [0.4, 0.5) is 0 Å². The Kier molecular flexibility index (Phi) is 4.07. The normalized spacial score (nSPS) is 12.3. The molecule has 1 atom stereocenters. The van der Waals surface area contributed by atoms with Crippen LogP contribution in [0.5, 0.6) is 0 Å². The third kappa shape index (κ3) is 3.15. The molecule has 0 radical (unpaired) electrons. The van der Waals surface area contributed by atoms with Gasteiger partial charge in [-0.1, -0.05) is 30.3 Å². The van der Waals surface area contributed by atoms with Crippen LogP contribution in [-0.4, -0.2) is 22.1 Å². The van der Waals surface area contributed by atoms with Gasteiger partial charge in [-0.2, -0.15) is 0 Å². The molecular weight excluding hydrogens is 248 g/mol. The summed E-state index contributed by atoms with van der Waals surface area (Å²) >= 11 is 1.56. The van der Waals surface area contributed by atoms with Crippen molar-refractivity contribution in [1.29, 1.82) is 0 Å². The molecule has 0 bridgehead atoms. The fraction of sp³-hybridized carbons (Fsp3) is 0.231. The smallest absolute Gasteiger partial charge is 0.320 e. The summed E-state index contributed by atoms with van der Waals surface area (Å²) in [5.74, 6) is -0.853. The molecule has 1 aromatic carbocycles. The van der Waals surface area contributed by atoms with Gasteiger partial charge in [-0.15, -0.1) is 11.3 Å². The van der Waals surface area contributed by atoms with E-state index >= 15 is 0 Å². The quantitative estimate of drug-likeness (QED) is 0.868. The van der Waals surface area contributed by atoms with Gasteiger partial charge in [0, 0.05) is 17.5 Å². The first-order valence-electron chi connectivity index (χ1n) is 5.63. The third-order valence-electron chi connectivity index (χ3n) is 2.53. The van der Waals surface area contributed by atoms with Crippen molar-refractivity contribution in [2.45, 2.75) is 19.5 Å². The molecule has 94 valence electrons. The van der Waals surface area contributed by atoms with E-state index in [0.717, 1.165) is 16.3 Å². The summed E-state index contributed by atoms with van der Waals surface area (Å²) in [5.41, 5.74) is 1.95. The van der Waals surface area contributed by atoms with Crippen LogP contribution in [0.1, 0.15) is 12.6 Å². The highest BCUT2D eigenvalue weighted by Gasteiger charge is 2.10. The molecule has 2 rings (SSSR count). The van der Waals surface area contributed by atoms with Crippen LogP contribution >= 0.6 is 11.3 Å². The first-order valence-corrected chi connectivity index (χ1v) is 6.51. The third-order valence-corrected chi connectivity index (χ3v) is 3.47. The van der Waals surface area contributed by atoms with E-state index in [1.807, 2.05) is 35.7 Å². The lowest BCUT2D eigenvalue weighted by molar-refractivity contribution is -0.139. The van der Waals surface area contributed by atoms with Gasteiger partial charge in [0.05, 0.1) is 5.69 Å². The molecule has 0 aliphatic carbocycles. The molecule has 0 amide bonds. The molecule has 0 saturated carbocycles. The van der Waals surface area contributed by atoms with Crippen molar-refractivity contribution in [3.8, 4) is 10.6 Å². The number of rotatable bonds is 5. The second-order valence-corrected chi connectivity index (χ2v) is 4.81. The minimum Gasteiger partial charge on any atom is -0.480 e. The molecule has 0 aliphatic heterocycles. The number of carbonyl (C=O) groups is 1. The van der Waals surface area contributed by atoms with E-state index in [1.165, 1.54) is 0 Å². The summed E-state index contributed by atoms with van der Waals surface area (Å²) in [6.45, 7) is 2.09. The number of carboxylic acids is 1. The molecule has 0 fully saturated rings. The highest BCUT2D eigenvalue weighted by Crippen LogP contribution is 2.23. The van der Waals surface area contributed by atoms with E-state index < -0.39 is 12.0 Å². The Bertz CT molecular complexity index is 525. The molecule has 0 saturated heterocycles. The van der Waals surface area contributed by atoms with E-state index in [2.05, 4.69) is 10.3 Å². The number of carboxylic acid groups (broad SMARTS) is 1. The Morgan fingerprint density at radius 2 is 2.17 bits per heavy atom. The van der Waals surface area contributed by atoms with Crippen molar-refractivity contribution in [3.05, 3.63) is 41.4 Å². The standard InChI is InChI=1S/C13H14N2O2S/c1-9(13(16)17)14-7-11-8-18-12(15-11)10-5-3-2-4-6-10/h2-6,8-9,14H,7H2,1H3,(H,16,17)/t9-/m0/s1. The van der Waals surface area contributed by atoms with Crippen LogP contribution in [0, 0.1) is 0 Å². The van der Waals surface area contributed by atoms with Gasteiger partial charge in [-0.3, -0.25) is 10.1 Å². The molecule has 18 heavy (non-hydrogen) atoms. The Hall–Kier alpha value is -1.72. The van der Waals surface area contributed by atoms with E-state index in [0.29, 0.717) is 6.54 Å². The maximum atomic E-state index is 10.7. The summed E-state index contributed by atoms with van der Waals surface area (Å²) < 4.78 is 0. The second kappa shape index (κ2) is 5.75. The monoisotopic (exact) mass is 262 g/mol. The van der Waals surface area contributed by atoms with Crippen molar-refractivity contribution < 1.29 is 9.90 Å². The highest BCUT2D eigenvalue weighted by atomic mass is 32.1. The average molecular weight is 262 g/mol. The molecule has 2 N–H and O–H groups in total. The zero-order valence-electron chi connectivity index (χ0n) is 9.96. The van der Waals surface area contributed by atoms with Crippen molar-refractivity contribution in [3.63, 3.8) is 0 Å². The number of hydrogen-bond donors (Lipinski definition) is 2. The van der Waals surface area contributed by atoms with Gasteiger partial charge in [0.25, 0.3) is 0 Å². The number of benzene rings is 1. The number of aromatic nitrogens is 1. The molecule has 1 heterocycles. The Morgan fingerprint density at radius 3 is 2.83 bits per heavy atom. The highest BCUT2D eigenvalue weighted by molar-refractivity contribution is 7.13. The zero-order chi connectivity index (χ0) is 13.0. The number of nitrogens with zero attached hydrogens (tertiary/aromatic N) is 1. The lowest BCUT2D eigenvalue weighted by Crippen LogP contribution is -2.33. The van der Waals surface area contributed by atoms with Crippen LogP contribution in [0.3, 0.4) is 0 Å². The Morgan fingerprint density at radius 1 is 1.44 bits per heavy atom. The number of hydrogen-bond acceptors (Lipinski definition) is 4. The summed E-state index contributed by atoms with van der Waals surface area (Å²) in [6, 6.07) is 9.37. The first-order chi connectivity index (χ1) is 8.66.